The second kappa shape index (κ2) is 4.23. The molecule has 1 N–H and O–H groups in total. The van der Waals surface area contributed by atoms with Gasteiger partial charge in [0.25, 0.3) is 0 Å². The molecular formula is C14H16N2O. The van der Waals surface area contributed by atoms with Gasteiger partial charge in [-0.25, -0.2) is 4.98 Å². The average Bonchev–Trinajstić information content (AvgIpc) is 2.55. The van der Waals surface area contributed by atoms with E-state index >= 15 is 0 Å². The topological polar surface area (TPSA) is 38.0 Å². The molecule has 0 atom stereocenters. The van der Waals surface area contributed by atoms with Crippen molar-refractivity contribution in [2.75, 3.05) is 0 Å². The molecule has 0 aliphatic rings. The van der Waals surface area contributed by atoms with E-state index in [2.05, 4.69) is 16.8 Å². The van der Waals surface area contributed by atoms with Crippen LogP contribution in [0.1, 0.15) is 19.7 Å². The Morgan fingerprint density at radius 1 is 1.35 bits per heavy atom. The molecular weight excluding hydrogens is 212 g/mol. The quantitative estimate of drug-likeness (QED) is 0.757. The third-order valence-electron chi connectivity index (χ3n) is 2.52. The molecule has 1 aromatic heterocycles. The molecule has 0 amide bonds. The molecule has 3 heteroatoms. The van der Waals surface area contributed by atoms with E-state index in [-0.39, 0.29) is 0 Å². The summed E-state index contributed by atoms with van der Waals surface area (Å²) in [5, 5.41) is 9.50. The van der Waals surface area contributed by atoms with Crippen molar-refractivity contribution in [3.8, 4) is 11.8 Å². The van der Waals surface area contributed by atoms with Gasteiger partial charge in [0, 0.05) is 7.05 Å². The number of para-hydroxylation sites is 2. The number of hydrogen-bond acceptors (Lipinski definition) is 2. The maximum absolute atomic E-state index is 9.50. The van der Waals surface area contributed by atoms with Crippen LogP contribution in [0.4, 0.5) is 0 Å². The van der Waals surface area contributed by atoms with E-state index in [1.54, 1.807) is 13.8 Å². The minimum absolute atomic E-state index is 0.551. The lowest BCUT2D eigenvalue weighted by atomic mass is 10.1. The second-order valence-electron chi connectivity index (χ2n) is 4.61. The second-order valence-corrected chi connectivity index (χ2v) is 4.61. The van der Waals surface area contributed by atoms with Gasteiger partial charge in [-0.3, -0.25) is 0 Å². The highest BCUT2D eigenvalue weighted by Gasteiger charge is 2.07. The Balaban J connectivity index is 2.30. The molecule has 0 aliphatic heterocycles. The van der Waals surface area contributed by atoms with Crippen molar-refractivity contribution in [3.05, 3.63) is 30.1 Å². The number of aromatic nitrogens is 2. The zero-order valence-electron chi connectivity index (χ0n) is 10.4. The van der Waals surface area contributed by atoms with Crippen LogP contribution in [0.2, 0.25) is 0 Å². The van der Waals surface area contributed by atoms with Crippen LogP contribution in [-0.4, -0.2) is 20.3 Å². The number of fused-ring (bicyclic) bond motifs is 1. The molecule has 0 saturated carbocycles. The van der Waals surface area contributed by atoms with Gasteiger partial charge in [0.15, 0.2) is 0 Å². The number of benzene rings is 1. The predicted octanol–water partition coefficient (Wildman–Crippen LogP) is 1.89. The van der Waals surface area contributed by atoms with Gasteiger partial charge in [0.05, 0.1) is 17.5 Å². The van der Waals surface area contributed by atoms with E-state index in [0.29, 0.717) is 6.42 Å². The van der Waals surface area contributed by atoms with Gasteiger partial charge in [-0.15, -0.1) is 0 Å². The van der Waals surface area contributed by atoms with Crippen LogP contribution >= 0.6 is 0 Å². The number of nitrogens with zero attached hydrogens (tertiary/aromatic N) is 2. The molecule has 2 aromatic rings. The van der Waals surface area contributed by atoms with E-state index in [4.69, 9.17) is 0 Å². The zero-order valence-corrected chi connectivity index (χ0v) is 10.4. The lowest BCUT2D eigenvalue weighted by molar-refractivity contribution is 0.143. The van der Waals surface area contributed by atoms with Crippen molar-refractivity contribution >= 4 is 11.0 Å². The Hall–Kier alpha value is -1.79. The highest BCUT2D eigenvalue weighted by Crippen LogP contribution is 2.14. The minimum atomic E-state index is -0.940. The van der Waals surface area contributed by atoms with Crippen molar-refractivity contribution in [3.63, 3.8) is 0 Å². The molecule has 0 saturated heterocycles. The number of rotatable bonds is 1. The Morgan fingerprint density at radius 3 is 2.71 bits per heavy atom. The standard InChI is InChI=1S/C14H16N2O/c1-14(2,17)10-6-9-13-15-11-7-4-5-8-12(11)16(13)3/h4-5,7-8,17H,9H2,1-3H3. The fourth-order valence-corrected chi connectivity index (χ4v) is 1.69. The average molecular weight is 228 g/mol. The Morgan fingerprint density at radius 2 is 2.06 bits per heavy atom. The monoisotopic (exact) mass is 228 g/mol. The highest BCUT2D eigenvalue weighted by molar-refractivity contribution is 5.75. The Bertz CT molecular complexity index is 594. The molecule has 0 spiro atoms. The molecule has 1 heterocycles. The first kappa shape index (κ1) is 11.7. The van der Waals surface area contributed by atoms with Crippen LogP contribution in [0, 0.1) is 11.8 Å². The van der Waals surface area contributed by atoms with Gasteiger partial charge in [-0.1, -0.05) is 24.0 Å². The van der Waals surface area contributed by atoms with E-state index in [1.165, 1.54) is 0 Å². The van der Waals surface area contributed by atoms with Crippen LogP contribution in [0.3, 0.4) is 0 Å². The van der Waals surface area contributed by atoms with Gasteiger partial charge in [-0.05, 0) is 26.0 Å². The summed E-state index contributed by atoms with van der Waals surface area (Å²) >= 11 is 0. The fraction of sp³-hybridized carbons (Fsp3) is 0.357. The molecule has 3 nitrogen and oxygen atoms in total. The summed E-state index contributed by atoms with van der Waals surface area (Å²) in [5.74, 6) is 6.67. The predicted molar refractivity (Wildman–Crippen MR) is 68.5 cm³/mol. The van der Waals surface area contributed by atoms with Crippen LogP contribution in [-0.2, 0) is 13.5 Å². The van der Waals surface area contributed by atoms with Gasteiger partial charge in [0.2, 0.25) is 0 Å². The summed E-state index contributed by atoms with van der Waals surface area (Å²) in [4.78, 5) is 4.51. The van der Waals surface area contributed by atoms with Gasteiger partial charge >= 0.3 is 0 Å². The molecule has 0 aliphatic carbocycles. The third-order valence-corrected chi connectivity index (χ3v) is 2.52. The molecule has 0 radical (unpaired) electrons. The summed E-state index contributed by atoms with van der Waals surface area (Å²) in [6.07, 6.45) is 0.551. The zero-order chi connectivity index (χ0) is 12.5. The van der Waals surface area contributed by atoms with Crippen LogP contribution in [0.25, 0.3) is 11.0 Å². The molecule has 88 valence electrons. The third kappa shape index (κ3) is 2.66. The molecule has 0 fully saturated rings. The smallest absolute Gasteiger partial charge is 0.121 e. The van der Waals surface area contributed by atoms with Crippen LogP contribution in [0.15, 0.2) is 24.3 Å². The van der Waals surface area contributed by atoms with E-state index < -0.39 is 5.60 Å². The molecule has 17 heavy (non-hydrogen) atoms. The normalized spacial score (nSPS) is 11.3. The Kier molecular flexibility index (Phi) is 2.91. The van der Waals surface area contributed by atoms with Gasteiger partial charge in [0.1, 0.15) is 11.4 Å². The lowest BCUT2D eigenvalue weighted by Gasteiger charge is -2.05. The summed E-state index contributed by atoms with van der Waals surface area (Å²) in [7, 11) is 1.98. The van der Waals surface area contributed by atoms with Crippen molar-refractivity contribution in [1.82, 2.24) is 9.55 Å². The van der Waals surface area contributed by atoms with E-state index in [1.807, 2.05) is 35.9 Å². The number of imidazole rings is 1. The van der Waals surface area contributed by atoms with Crippen LogP contribution < -0.4 is 0 Å². The molecule has 2 rings (SSSR count). The van der Waals surface area contributed by atoms with E-state index in [0.717, 1.165) is 16.9 Å². The number of hydrogen-bond donors (Lipinski definition) is 1. The van der Waals surface area contributed by atoms with Gasteiger partial charge < -0.3 is 9.67 Å². The molecule has 0 unspecified atom stereocenters. The maximum atomic E-state index is 9.50. The minimum Gasteiger partial charge on any atom is -0.378 e. The van der Waals surface area contributed by atoms with Gasteiger partial charge in [-0.2, -0.15) is 0 Å². The lowest BCUT2D eigenvalue weighted by Crippen LogP contribution is -2.14. The summed E-state index contributed by atoms with van der Waals surface area (Å²) < 4.78 is 2.04. The first-order valence-corrected chi connectivity index (χ1v) is 5.60. The van der Waals surface area contributed by atoms with Crippen molar-refractivity contribution < 1.29 is 5.11 Å². The summed E-state index contributed by atoms with van der Waals surface area (Å²) in [6.45, 7) is 3.35. The number of aryl methyl sites for hydroxylation is 1. The van der Waals surface area contributed by atoms with Crippen molar-refractivity contribution in [1.29, 1.82) is 0 Å². The fourth-order valence-electron chi connectivity index (χ4n) is 1.69. The SMILES string of the molecule is Cn1c(CC#CC(C)(C)O)nc2ccccc21. The molecule has 1 aromatic carbocycles. The van der Waals surface area contributed by atoms with Crippen molar-refractivity contribution in [2.45, 2.75) is 25.9 Å². The summed E-state index contributed by atoms with van der Waals surface area (Å²) in [5.41, 5.74) is 1.15. The number of aliphatic hydroxyl groups is 1. The Labute approximate surface area is 101 Å². The highest BCUT2D eigenvalue weighted by atomic mass is 16.3. The summed E-state index contributed by atoms with van der Waals surface area (Å²) in [6, 6.07) is 8.00. The maximum Gasteiger partial charge on any atom is 0.121 e. The van der Waals surface area contributed by atoms with Crippen molar-refractivity contribution in [2.24, 2.45) is 7.05 Å². The largest absolute Gasteiger partial charge is 0.378 e. The first-order valence-electron chi connectivity index (χ1n) is 5.60. The first-order chi connectivity index (χ1) is 7.97. The van der Waals surface area contributed by atoms with E-state index in [9.17, 15) is 5.11 Å². The van der Waals surface area contributed by atoms with Crippen LogP contribution in [0.5, 0.6) is 0 Å². The molecule has 0 bridgehead atoms.